The molecule has 1 aromatic carbocycles. The first-order valence-corrected chi connectivity index (χ1v) is 6.52. The smallest absolute Gasteiger partial charge is 0.234 e. The monoisotopic (exact) mass is 262 g/mol. The molecule has 0 heterocycles. The van der Waals surface area contributed by atoms with Gasteiger partial charge in [-0.3, -0.25) is 14.5 Å². The van der Waals surface area contributed by atoms with Gasteiger partial charge >= 0.3 is 0 Å². The Bertz CT molecular complexity index is 415. The van der Waals surface area contributed by atoms with Gasteiger partial charge in [0.2, 0.25) is 5.91 Å². The van der Waals surface area contributed by atoms with Crippen molar-refractivity contribution >= 4 is 11.7 Å². The van der Waals surface area contributed by atoms with Crippen LogP contribution in [-0.2, 0) is 4.79 Å². The highest BCUT2D eigenvalue weighted by Gasteiger charge is 2.12. The SMILES string of the molecule is CC(C)CNC(=O)CN(C)CC(=O)c1ccccc1. The van der Waals surface area contributed by atoms with Crippen LogP contribution in [0.15, 0.2) is 30.3 Å². The van der Waals surface area contributed by atoms with Crippen LogP contribution in [0.2, 0.25) is 0 Å². The van der Waals surface area contributed by atoms with E-state index >= 15 is 0 Å². The Morgan fingerprint density at radius 3 is 2.37 bits per heavy atom. The fourth-order valence-electron chi connectivity index (χ4n) is 1.64. The molecule has 0 atom stereocenters. The first-order chi connectivity index (χ1) is 8.99. The Morgan fingerprint density at radius 2 is 1.79 bits per heavy atom. The predicted molar refractivity (Wildman–Crippen MR) is 76.1 cm³/mol. The summed E-state index contributed by atoms with van der Waals surface area (Å²) in [5.41, 5.74) is 0.678. The minimum absolute atomic E-state index is 0.0276. The number of benzene rings is 1. The van der Waals surface area contributed by atoms with Crippen LogP contribution in [0.1, 0.15) is 24.2 Å². The van der Waals surface area contributed by atoms with Crippen molar-refractivity contribution in [1.29, 1.82) is 0 Å². The molecule has 0 aliphatic carbocycles. The number of Topliss-reactive ketones (excluding diaryl/α,β-unsaturated/α-hetero) is 1. The van der Waals surface area contributed by atoms with E-state index in [0.717, 1.165) is 0 Å². The molecule has 1 N–H and O–H groups in total. The van der Waals surface area contributed by atoms with Gasteiger partial charge in [0.05, 0.1) is 13.1 Å². The van der Waals surface area contributed by atoms with Crippen LogP contribution in [0.4, 0.5) is 0 Å². The third-order valence-corrected chi connectivity index (χ3v) is 2.63. The van der Waals surface area contributed by atoms with Crippen LogP contribution in [0.5, 0.6) is 0 Å². The highest BCUT2D eigenvalue weighted by molar-refractivity contribution is 5.97. The normalized spacial score (nSPS) is 10.8. The summed E-state index contributed by atoms with van der Waals surface area (Å²) in [6, 6.07) is 9.12. The molecular formula is C15H22N2O2. The van der Waals surface area contributed by atoms with E-state index < -0.39 is 0 Å². The summed E-state index contributed by atoms with van der Waals surface area (Å²) in [6.45, 7) is 5.25. The molecule has 0 aliphatic rings. The molecule has 1 rings (SSSR count). The van der Waals surface area contributed by atoms with Crippen molar-refractivity contribution in [3.05, 3.63) is 35.9 Å². The van der Waals surface area contributed by atoms with Crippen molar-refractivity contribution < 1.29 is 9.59 Å². The molecule has 19 heavy (non-hydrogen) atoms. The van der Waals surface area contributed by atoms with Crippen molar-refractivity contribution in [2.75, 3.05) is 26.7 Å². The molecule has 4 nitrogen and oxygen atoms in total. The third kappa shape index (κ3) is 6.15. The van der Waals surface area contributed by atoms with Crippen molar-refractivity contribution in [3.8, 4) is 0 Å². The quantitative estimate of drug-likeness (QED) is 0.759. The zero-order valence-corrected chi connectivity index (χ0v) is 11.8. The average Bonchev–Trinajstić information content (AvgIpc) is 2.37. The number of nitrogens with one attached hydrogen (secondary N) is 1. The minimum Gasteiger partial charge on any atom is -0.355 e. The van der Waals surface area contributed by atoms with Gasteiger partial charge in [-0.1, -0.05) is 44.2 Å². The van der Waals surface area contributed by atoms with Crippen molar-refractivity contribution in [1.82, 2.24) is 10.2 Å². The van der Waals surface area contributed by atoms with Gasteiger partial charge in [0.1, 0.15) is 0 Å². The summed E-state index contributed by atoms with van der Waals surface area (Å²) in [4.78, 5) is 25.3. The van der Waals surface area contributed by atoms with E-state index in [1.165, 1.54) is 0 Å². The number of rotatable bonds is 7. The zero-order chi connectivity index (χ0) is 14.3. The van der Waals surface area contributed by atoms with Gasteiger partial charge in [-0.25, -0.2) is 0 Å². The van der Waals surface area contributed by atoms with Crippen LogP contribution >= 0.6 is 0 Å². The lowest BCUT2D eigenvalue weighted by atomic mass is 10.1. The van der Waals surface area contributed by atoms with Crippen molar-refractivity contribution in [2.45, 2.75) is 13.8 Å². The molecule has 0 radical (unpaired) electrons. The maximum absolute atomic E-state index is 11.9. The Balaban J connectivity index is 2.37. The maximum Gasteiger partial charge on any atom is 0.234 e. The van der Waals surface area contributed by atoms with Gasteiger partial charge < -0.3 is 5.32 Å². The number of nitrogens with zero attached hydrogens (tertiary/aromatic N) is 1. The summed E-state index contributed by atoms with van der Waals surface area (Å²) in [5.74, 6) is 0.414. The van der Waals surface area contributed by atoms with Crippen LogP contribution in [-0.4, -0.2) is 43.3 Å². The van der Waals surface area contributed by atoms with Gasteiger partial charge in [0.25, 0.3) is 0 Å². The van der Waals surface area contributed by atoms with Gasteiger partial charge in [-0.2, -0.15) is 0 Å². The van der Waals surface area contributed by atoms with Gasteiger partial charge in [0, 0.05) is 12.1 Å². The molecule has 0 saturated carbocycles. The Labute approximate surface area is 114 Å². The first kappa shape index (κ1) is 15.4. The largest absolute Gasteiger partial charge is 0.355 e. The lowest BCUT2D eigenvalue weighted by molar-refractivity contribution is -0.121. The third-order valence-electron chi connectivity index (χ3n) is 2.63. The van der Waals surface area contributed by atoms with Crippen LogP contribution in [0.3, 0.4) is 0 Å². The Kier molecular flexibility index (Phi) is 6.22. The van der Waals surface area contributed by atoms with Gasteiger partial charge in [0.15, 0.2) is 5.78 Å². The molecule has 1 aromatic rings. The highest BCUT2D eigenvalue weighted by atomic mass is 16.2. The second kappa shape index (κ2) is 7.69. The number of carbonyl (C=O) groups excluding carboxylic acids is 2. The number of likely N-dealkylation sites (N-methyl/N-ethyl adjacent to an activating group) is 1. The second-order valence-electron chi connectivity index (χ2n) is 5.16. The summed E-state index contributed by atoms with van der Waals surface area (Å²) in [5, 5.41) is 2.83. The van der Waals surface area contributed by atoms with Gasteiger partial charge in [-0.15, -0.1) is 0 Å². The zero-order valence-electron chi connectivity index (χ0n) is 11.8. The fraction of sp³-hybridized carbons (Fsp3) is 0.467. The van der Waals surface area contributed by atoms with Crippen LogP contribution in [0.25, 0.3) is 0 Å². The summed E-state index contributed by atoms with van der Waals surface area (Å²) in [6.07, 6.45) is 0. The maximum atomic E-state index is 11.9. The molecule has 1 amide bonds. The molecule has 0 aliphatic heterocycles. The molecule has 4 heteroatoms. The van der Waals surface area contributed by atoms with E-state index in [4.69, 9.17) is 0 Å². The molecule has 0 unspecified atom stereocenters. The van der Waals surface area contributed by atoms with Crippen LogP contribution in [0, 0.1) is 5.92 Å². The standard InChI is InChI=1S/C15H22N2O2/c1-12(2)9-16-15(19)11-17(3)10-14(18)13-7-5-4-6-8-13/h4-8,12H,9-11H2,1-3H3,(H,16,19). The predicted octanol–water partition coefficient (Wildman–Crippen LogP) is 1.57. The number of amides is 1. The van der Waals surface area contributed by atoms with E-state index in [1.54, 1.807) is 24.1 Å². The molecule has 0 fully saturated rings. The minimum atomic E-state index is -0.0444. The summed E-state index contributed by atoms with van der Waals surface area (Å²) >= 11 is 0. The molecule has 104 valence electrons. The molecule has 0 spiro atoms. The number of hydrogen-bond donors (Lipinski definition) is 1. The number of ketones is 1. The molecule has 0 bridgehead atoms. The average molecular weight is 262 g/mol. The fourth-order valence-corrected chi connectivity index (χ4v) is 1.64. The number of hydrogen-bond acceptors (Lipinski definition) is 3. The second-order valence-corrected chi connectivity index (χ2v) is 5.16. The van der Waals surface area contributed by atoms with E-state index in [2.05, 4.69) is 5.32 Å². The number of carbonyl (C=O) groups is 2. The topological polar surface area (TPSA) is 49.4 Å². The van der Waals surface area contributed by atoms with Crippen LogP contribution < -0.4 is 5.32 Å². The van der Waals surface area contributed by atoms with E-state index in [0.29, 0.717) is 18.0 Å². The highest BCUT2D eigenvalue weighted by Crippen LogP contribution is 2.01. The first-order valence-electron chi connectivity index (χ1n) is 6.52. The molecular weight excluding hydrogens is 240 g/mol. The summed E-state index contributed by atoms with van der Waals surface area (Å²) < 4.78 is 0. The van der Waals surface area contributed by atoms with E-state index in [-0.39, 0.29) is 24.8 Å². The summed E-state index contributed by atoms with van der Waals surface area (Å²) in [7, 11) is 1.77. The Morgan fingerprint density at radius 1 is 1.16 bits per heavy atom. The van der Waals surface area contributed by atoms with E-state index in [1.807, 2.05) is 32.0 Å². The van der Waals surface area contributed by atoms with E-state index in [9.17, 15) is 9.59 Å². The van der Waals surface area contributed by atoms with Gasteiger partial charge in [-0.05, 0) is 13.0 Å². The van der Waals surface area contributed by atoms with Crippen molar-refractivity contribution in [3.63, 3.8) is 0 Å². The molecule has 0 saturated heterocycles. The molecule has 0 aromatic heterocycles. The lowest BCUT2D eigenvalue weighted by Gasteiger charge is -2.16. The Hall–Kier alpha value is -1.68. The lowest BCUT2D eigenvalue weighted by Crippen LogP contribution is -2.38. The van der Waals surface area contributed by atoms with Crippen molar-refractivity contribution in [2.24, 2.45) is 5.92 Å².